The summed E-state index contributed by atoms with van der Waals surface area (Å²) in [5.41, 5.74) is 5.31. The molecule has 3 N–H and O–H groups in total. The molecule has 8 heteroatoms. The molecule has 4 rings (SSSR count). The van der Waals surface area contributed by atoms with Gasteiger partial charge in [-0.1, -0.05) is 63.3 Å². The monoisotopic (exact) mass is 517 g/mol. The number of carboxylic acids is 1. The number of carboxylic acid groups (broad SMARTS) is 1. The van der Waals surface area contributed by atoms with Gasteiger partial charge in [-0.3, -0.25) is 4.79 Å². The Labute approximate surface area is 220 Å². The van der Waals surface area contributed by atoms with Crippen LogP contribution in [0.4, 0.5) is 10.8 Å². The van der Waals surface area contributed by atoms with E-state index in [1.54, 1.807) is 37.3 Å². The molecular weight excluding hydrogens is 486 g/mol. The van der Waals surface area contributed by atoms with Crippen molar-refractivity contribution in [3.63, 3.8) is 0 Å². The van der Waals surface area contributed by atoms with Gasteiger partial charge in [-0.15, -0.1) is 0 Å². The molecule has 0 unspecified atom stereocenters. The van der Waals surface area contributed by atoms with E-state index in [2.05, 4.69) is 42.7 Å². The number of aliphatic carboxylic acids is 1. The average Bonchev–Trinajstić information content (AvgIpc) is 3.28. The largest absolute Gasteiger partial charge is 0.496 e. The van der Waals surface area contributed by atoms with E-state index in [-0.39, 0.29) is 11.5 Å². The Morgan fingerprint density at radius 1 is 0.946 bits per heavy atom. The summed E-state index contributed by atoms with van der Waals surface area (Å²) in [5.74, 6) is -0.960. The Bertz CT molecular complexity index is 1430. The molecule has 1 aromatic heterocycles. The maximum Gasteiger partial charge on any atom is 0.326 e. The van der Waals surface area contributed by atoms with Crippen LogP contribution in [0.15, 0.2) is 60.7 Å². The Hall–Kier alpha value is -3.91. The van der Waals surface area contributed by atoms with Crippen molar-refractivity contribution in [3.05, 3.63) is 71.8 Å². The average molecular weight is 518 g/mol. The van der Waals surface area contributed by atoms with E-state index in [4.69, 9.17) is 9.72 Å². The molecule has 3 aromatic carbocycles. The number of anilines is 2. The van der Waals surface area contributed by atoms with Crippen molar-refractivity contribution in [2.75, 3.05) is 12.4 Å². The predicted molar refractivity (Wildman–Crippen MR) is 149 cm³/mol. The fourth-order valence-corrected chi connectivity index (χ4v) is 4.95. The Balaban J connectivity index is 1.50. The first-order valence-electron chi connectivity index (χ1n) is 12.2. The summed E-state index contributed by atoms with van der Waals surface area (Å²) < 4.78 is 6.62. The number of hydrogen-bond donors (Lipinski definition) is 3. The van der Waals surface area contributed by atoms with Crippen LogP contribution in [0.5, 0.6) is 5.75 Å². The Morgan fingerprint density at radius 2 is 1.65 bits per heavy atom. The van der Waals surface area contributed by atoms with Gasteiger partial charge in [0, 0.05) is 5.69 Å². The van der Waals surface area contributed by atoms with Crippen molar-refractivity contribution < 1.29 is 19.4 Å². The van der Waals surface area contributed by atoms with Gasteiger partial charge in [0.1, 0.15) is 11.8 Å². The van der Waals surface area contributed by atoms with Gasteiger partial charge in [-0.25, -0.2) is 9.78 Å². The number of nitrogens with one attached hydrogen (secondary N) is 2. The summed E-state index contributed by atoms with van der Waals surface area (Å²) in [6.07, 6.45) is 0. The molecule has 0 saturated heterocycles. The van der Waals surface area contributed by atoms with Crippen molar-refractivity contribution in [2.45, 2.75) is 39.7 Å². The van der Waals surface area contributed by atoms with Gasteiger partial charge in [0.15, 0.2) is 5.13 Å². The van der Waals surface area contributed by atoms with Gasteiger partial charge in [-0.2, -0.15) is 0 Å². The lowest BCUT2D eigenvalue weighted by molar-refractivity contribution is -0.140. The van der Waals surface area contributed by atoms with Gasteiger partial charge in [-0.05, 0) is 64.9 Å². The van der Waals surface area contributed by atoms with Crippen LogP contribution in [0.1, 0.15) is 49.5 Å². The zero-order chi connectivity index (χ0) is 26.7. The predicted octanol–water partition coefficient (Wildman–Crippen LogP) is 6.68. The Morgan fingerprint density at radius 3 is 2.27 bits per heavy atom. The van der Waals surface area contributed by atoms with E-state index in [0.29, 0.717) is 11.7 Å². The number of methoxy groups -OCH3 is 1. The molecule has 0 aliphatic heterocycles. The third-order valence-corrected chi connectivity index (χ3v) is 7.15. The third-order valence-electron chi connectivity index (χ3n) is 6.21. The van der Waals surface area contributed by atoms with E-state index in [9.17, 15) is 14.7 Å². The lowest BCUT2D eigenvalue weighted by Crippen LogP contribution is -2.44. The normalized spacial score (nSPS) is 12.1. The lowest BCUT2D eigenvalue weighted by atomic mass is 10.0. The van der Waals surface area contributed by atoms with E-state index in [1.165, 1.54) is 12.7 Å². The molecule has 1 amide bonds. The number of carbonyl (C=O) groups excluding carboxylic acids is 1. The first kappa shape index (κ1) is 26.2. The number of carbonyl (C=O) groups is 2. The van der Waals surface area contributed by atoms with Gasteiger partial charge < -0.3 is 20.5 Å². The van der Waals surface area contributed by atoms with E-state index < -0.39 is 17.9 Å². The molecule has 1 atom stereocenters. The van der Waals surface area contributed by atoms with Gasteiger partial charge in [0.25, 0.3) is 5.91 Å². The highest BCUT2D eigenvalue weighted by Gasteiger charge is 2.25. The highest BCUT2D eigenvalue weighted by molar-refractivity contribution is 7.22. The first-order valence-corrected chi connectivity index (χ1v) is 13.0. The van der Waals surface area contributed by atoms with Crippen LogP contribution in [0.3, 0.4) is 0 Å². The fraction of sp³-hybridized carbons (Fsp3) is 0.276. The zero-order valence-corrected chi connectivity index (χ0v) is 22.3. The lowest BCUT2D eigenvalue weighted by Gasteiger charge is -2.19. The highest BCUT2D eigenvalue weighted by Crippen LogP contribution is 2.32. The number of thiazole rings is 1. The molecule has 7 nitrogen and oxygen atoms in total. The number of fused-ring (bicyclic) bond motifs is 1. The van der Waals surface area contributed by atoms with Crippen molar-refractivity contribution in [1.29, 1.82) is 0 Å². The Kier molecular flexibility index (Phi) is 7.78. The van der Waals surface area contributed by atoms with Crippen LogP contribution in [0, 0.1) is 5.92 Å². The number of aromatic nitrogens is 1. The number of nitrogens with zero attached hydrogens (tertiary/aromatic N) is 1. The molecule has 4 aromatic rings. The fourth-order valence-electron chi connectivity index (χ4n) is 4.01. The molecule has 0 spiro atoms. The highest BCUT2D eigenvalue weighted by atomic mass is 32.1. The summed E-state index contributed by atoms with van der Waals surface area (Å²) >= 11 is 1.63. The SMILES string of the molecule is COc1cc(-c2ccc(Nc3nc4ccc(C(C)C)cc4s3)cc2)ccc1C(=O)N[C@H](C(=O)O)C(C)C. The number of amides is 1. The summed E-state index contributed by atoms with van der Waals surface area (Å²) in [6, 6.07) is 18.6. The molecule has 0 fully saturated rings. The quantitative estimate of drug-likeness (QED) is 0.229. The van der Waals surface area contributed by atoms with E-state index in [1.807, 2.05) is 30.3 Å². The molecule has 0 saturated carbocycles. The molecule has 37 heavy (non-hydrogen) atoms. The van der Waals surface area contributed by atoms with Crippen molar-refractivity contribution in [2.24, 2.45) is 5.92 Å². The second-order valence-corrected chi connectivity index (χ2v) is 10.6. The molecular formula is C29H31N3O4S. The summed E-state index contributed by atoms with van der Waals surface area (Å²) in [4.78, 5) is 28.9. The topological polar surface area (TPSA) is 101 Å². The number of rotatable bonds is 9. The second-order valence-electron chi connectivity index (χ2n) is 9.55. The van der Waals surface area contributed by atoms with Crippen molar-refractivity contribution in [1.82, 2.24) is 10.3 Å². The maximum atomic E-state index is 12.8. The smallest absolute Gasteiger partial charge is 0.326 e. The van der Waals surface area contributed by atoms with Crippen molar-refractivity contribution in [3.8, 4) is 16.9 Å². The second kappa shape index (κ2) is 11.0. The zero-order valence-electron chi connectivity index (χ0n) is 21.5. The van der Waals surface area contributed by atoms with Gasteiger partial charge >= 0.3 is 5.97 Å². The van der Waals surface area contributed by atoms with E-state index in [0.717, 1.165) is 32.2 Å². The maximum absolute atomic E-state index is 12.8. The van der Waals surface area contributed by atoms with Crippen LogP contribution >= 0.6 is 11.3 Å². The van der Waals surface area contributed by atoms with Crippen LogP contribution in [-0.4, -0.2) is 35.1 Å². The van der Waals surface area contributed by atoms with Crippen LogP contribution < -0.4 is 15.4 Å². The molecule has 0 aliphatic carbocycles. The van der Waals surface area contributed by atoms with E-state index >= 15 is 0 Å². The molecule has 1 heterocycles. The van der Waals surface area contributed by atoms with Gasteiger partial charge in [0.05, 0.1) is 22.9 Å². The van der Waals surface area contributed by atoms with Crippen LogP contribution in [0.2, 0.25) is 0 Å². The minimum Gasteiger partial charge on any atom is -0.496 e. The number of benzene rings is 3. The summed E-state index contributed by atoms with van der Waals surface area (Å²) in [6.45, 7) is 7.86. The molecule has 192 valence electrons. The van der Waals surface area contributed by atoms with Crippen molar-refractivity contribution >= 4 is 44.2 Å². The first-order chi connectivity index (χ1) is 17.7. The van der Waals surface area contributed by atoms with Gasteiger partial charge in [0.2, 0.25) is 0 Å². The summed E-state index contributed by atoms with van der Waals surface area (Å²) in [7, 11) is 1.49. The standard InChI is InChI=1S/C29H31N3O4S/c1-16(2)19-9-13-23-25(15-19)37-29(31-23)30-21-10-6-18(7-11-21)20-8-12-22(24(14-20)36-5)27(33)32-26(17(3)4)28(34)35/h6-17,26H,1-5H3,(H,30,31)(H,32,33)(H,34,35)/t26-/m0/s1. The third kappa shape index (κ3) is 5.91. The minimum absolute atomic E-state index is 0.251. The van der Waals surface area contributed by atoms with Crippen LogP contribution in [-0.2, 0) is 4.79 Å². The van der Waals surface area contributed by atoms with Crippen LogP contribution in [0.25, 0.3) is 21.3 Å². The summed E-state index contributed by atoms with van der Waals surface area (Å²) in [5, 5.41) is 16.2. The molecule has 0 bridgehead atoms. The molecule has 0 radical (unpaired) electrons. The number of ether oxygens (including phenoxy) is 1. The number of hydrogen-bond acceptors (Lipinski definition) is 6. The minimum atomic E-state index is -1.07. The molecule has 0 aliphatic rings.